The maximum Gasteiger partial charge on any atom is 0.234 e. The molecule has 1 aliphatic carbocycles. The molecule has 0 bridgehead atoms. The molecule has 1 amide bonds. The van der Waals surface area contributed by atoms with E-state index in [1.54, 1.807) is 0 Å². The molecule has 0 aliphatic heterocycles. The molecule has 0 heterocycles. The van der Waals surface area contributed by atoms with Gasteiger partial charge in [0.05, 0.1) is 6.54 Å². The Balaban J connectivity index is 2.14. The molecule has 100 valence electrons. The van der Waals surface area contributed by atoms with Gasteiger partial charge in [-0.05, 0) is 39.0 Å². The number of hydrogen-bond acceptors (Lipinski definition) is 2. The smallest absolute Gasteiger partial charge is 0.234 e. The fourth-order valence-corrected chi connectivity index (χ4v) is 2.71. The lowest BCUT2D eigenvalue weighted by atomic mass is 10.00. The van der Waals surface area contributed by atoms with Crippen molar-refractivity contribution >= 4 is 5.91 Å². The van der Waals surface area contributed by atoms with Gasteiger partial charge < -0.3 is 10.6 Å². The molecule has 3 nitrogen and oxygen atoms in total. The van der Waals surface area contributed by atoms with E-state index in [4.69, 9.17) is 0 Å². The van der Waals surface area contributed by atoms with E-state index in [9.17, 15) is 4.79 Å². The topological polar surface area (TPSA) is 41.1 Å². The average Bonchev–Trinajstić information content (AvgIpc) is 2.79. The van der Waals surface area contributed by atoms with Crippen LogP contribution >= 0.6 is 0 Å². The fourth-order valence-electron chi connectivity index (χ4n) is 2.71. The summed E-state index contributed by atoms with van der Waals surface area (Å²) in [5, 5.41) is 6.39. The van der Waals surface area contributed by atoms with Gasteiger partial charge in [0.2, 0.25) is 5.91 Å². The lowest BCUT2D eigenvalue weighted by Gasteiger charge is -2.21. The number of amides is 1. The minimum absolute atomic E-state index is 0.135. The number of carbonyl (C=O) groups is 1. The summed E-state index contributed by atoms with van der Waals surface area (Å²) < 4.78 is 0. The van der Waals surface area contributed by atoms with Crippen LogP contribution in [0.4, 0.5) is 0 Å². The SMILES string of the molecule is CCCC(C)NC(=O)CN[C@@H](C)C1CCCC1. The molecule has 1 fully saturated rings. The summed E-state index contributed by atoms with van der Waals surface area (Å²) in [7, 11) is 0. The van der Waals surface area contributed by atoms with Gasteiger partial charge in [-0.3, -0.25) is 4.79 Å². The van der Waals surface area contributed by atoms with E-state index in [-0.39, 0.29) is 5.91 Å². The zero-order chi connectivity index (χ0) is 12.7. The third kappa shape index (κ3) is 5.53. The summed E-state index contributed by atoms with van der Waals surface area (Å²) in [6.07, 6.45) is 7.54. The van der Waals surface area contributed by atoms with Crippen molar-refractivity contribution in [1.82, 2.24) is 10.6 Å². The van der Waals surface area contributed by atoms with E-state index < -0.39 is 0 Å². The van der Waals surface area contributed by atoms with E-state index in [2.05, 4.69) is 31.4 Å². The summed E-state index contributed by atoms with van der Waals surface area (Å²) in [5.74, 6) is 0.909. The van der Waals surface area contributed by atoms with Crippen LogP contribution in [0.25, 0.3) is 0 Å². The highest BCUT2D eigenvalue weighted by atomic mass is 16.1. The molecule has 2 atom stereocenters. The van der Waals surface area contributed by atoms with Crippen LogP contribution in [0.3, 0.4) is 0 Å². The summed E-state index contributed by atoms with van der Waals surface area (Å²) in [4.78, 5) is 11.7. The van der Waals surface area contributed by atoms with Crippen LogP contribution in [0.5, 0.6) is 0 Å². The molecule has 0 aromatic carbocycles. The first-order valence-corrected chi connectivity index (χ1v) is 7.16. The monoisotopic (exact) mass is 240 g/mol. The van der Waals surface area contributed by atoms with Gasteiger partial charge in [0.25, 0.3) is 0 Å². The zero-order valence-corrected chi connectivity index (χ0v) is 11.6. The molecular formula is C14H28N2O. The number of rotatable bonds is 7. The summed E-state index contributed by atoms with van der Waals surface area (Å²) in [5.41, 5.74) is 0. The lowest BCUT2D eigenvalue weighted by Crippen LogP contribution is -2.43. The molecule has 0 spiro atoms. The maximum absolute atomic E-state index is 11.7. The van der Waals surface area contributed by atoms with Crippen molar-refractivity contribution in [1.29, 1.82) is 0 Å². The summed E-state index contributed by atoms with van der Waals surface area (Å²) in [6, 6.07) is 0.779. The molecule has 1 aliphatic rings. The minimum Gasteiger partial charge on any atom is -0.353 e. The third-order valence-electron chi connectivity index (χ3n) is 3.82. The van der Waals surface area contributed by atoms with Crippen molar-refractivity contribution in [2.45, 2.75) is 71.4 Å². The second-order valence-corrected chi connectivity index (χ2v) is 5.47. The van der Waals surface area contributed by atoms with Crippen LogP contribution in [0.2, 0.25) is 0 Å². The first-order valence-electron chi connectivity index (χ1n) is 7.16. The quantitative estimate of drug-likeness (QED) is 0.717. The number of carbonyl (C=O) groups excluding carboxylic acids is 1. The molecule has 0 saturated heterocycles. The highest BCUT2D eigenvalue weighted by Crippen LogP contribution is 2.27. The number of hydrogen-bond donors (Lipinski definition) is 2. The van der Waals surface area contributed by atoms with E-state index >= 15 is 0 Å². The second kappa shape index (κ2) is 7.70. The standard InChI is InChI=1S/C14H28N2O/c1-4-7-11(2)16-14(17)10-15-12(3)13-8-5-6-9-13/h11-13,15H,4-10H2,1-3H3,(H,16,17)/t11?,12-/m0/s1. The molecule has 0 aromatic heterocycles. The molecule has 1 saturated carbocycles. The largest absolute Gasteiger partial charge is 0.353 e. The minimum atomic E-state index is 0.135. The molecular weight excluding hydrogens is 212 g/mol. The molecule has 1 rings (SSSR count). The molecule has 1 unspecified atom stereocenters. The van der Waals surface area contributed by atoms with E-state index in [0.717, 1.165) is 18.8 Å². The Morgan fingerprint density at radius 1 is 1.29 bits per heavy atom. The highest BCUT2D eigenvalue weighted by molar-refractivity contribution is 5.78. The Hall–Kier alpha value is -0.570. The van der Waals surface area contributed by atoms with Gasteiger partial charge in [0.1, 0.15) is 0 Å². The van der Waals surface area contributed by atoms with E-state index in [0.29, 0.717) is 18.6 Å². The predicted octanol–water partition coefficient (Wildman–Crippen LogP) is 2.46. The first kappa shape index (κ1) is 14.5. The van der Waals surface area contributed by atoms with E-state index in [1.807, 2.05) is 0 Å². The summed E-state index contributed by atoms with van der Waals surface area (Å²) in [6.45, 7) is 6.88. The van der Waals surface area contributed by atoms with Crippen LogP contribution in [0, 0.1) is 5.92 Å². The maximum atomic E-state index is 11.7. The van der Waals surface area contributed by atoms with Crippen molar-refractivity contribution in [2.75, 3.05) is 6.54 Å². The van der Waals surface area contributed by atoms with Gasteiger partial charge >= 0.3 is 0 Å². The molecule has 0 aromatic rings. The number of nitrogens with one attached hydrogen (secondary N) is 2. The Morgan fingerprint density at radius 3 is 2.53 bits per heavy atom. The highest BCUT2D eigenvalue weighted by Gasteiger charge is 2.21. The van der Waals surface area contributed by atoms with Crippen LogP contribution < -0.4 is 10.6 Å². The molecule has 2 N–H and O–H groups in total. The average molecular weight is 240 g/mol. The van der Waals surface area contributed by atoms with Crippen LogP contribution in [-0.4, -0.2) is 24.5 Å². The third-order valence-corrected chi connectivity index (χ3v) is 3.82. The zero-order valence-electron chi connectivity index (χ0n) is 11.6. The van der Waals surface area contributed by atoms with Gasteiger partial charge in [-0.25, -0.2) is 0 Å². The van der Waals surface area contributed by atoms with Gasteiger partial charge in [-0.15, -0.1) is 0 Å². The van der Waals surface area contributed by atoms with Crippen molar-refractivity contribution in [3.63, 3.8) is 0 Å². The Morgan fingerprint density at radius 2 is 1.94 bits per heavy atom. The fraction of sp³-hybridized carbons (Fsp3) is 0.929. The molecule has 17 heavy (non-hydrogen) atoms. The van der Waals surface area contributed by atoms with Crippen molar-refractivity contribution < 1.29 is 4.79 Å². The first-order chi connectivity index (χ1) is 8.13. The van der Waals surface area contributed by atoms with Crippen molar-refractivity contribution in [3.8, 4) is 0 Å². The molecule has 3 heteroatoms. The van der Waals surface area contributed by atoms with Gasteiger partial charge in [-0.1, -0.05) is 26.2 Å². The van der Waals surface area contributed by atoms with Gasteiger partial charge in [0.15, 0.2) is 0 Å². The second-order valence-electron chi connectivity index (χ2n) is 5.47. The molecule has 0 radical (unpaired) electrons. The van der Waals surface area contributed by atoms with Crippen LogP contribution in [0.1, 0.15) is 59.3 Å². The Bertz CT molecular complexity index is 224. The van der Waals surface area contributed by atoms with Gasteiger partial charge in [0, 0.05) is 12.1 Å². The van der Waals surface area contributed by atoms with Crippen molar-refractivity contribution in [3.05, 3.63) is 0 Å². The van der Waals surface area contributed by atoms with Crippen molar-refractivity contribution in [2.24, 2.45) is 5.92 Å². The lowest BCUT2D eigenvalue weighted by molar-refractivity contribution is -0.121. The normalized spacial score (nSPS) is 20.2. The Kier molecular flexibility index (Phi) is 6.56. The van der Waals surface area contributed by atoms with Gasteiger partial charge in [-0.2, -0.15) is 0 Å². The summed E-state index contributed by atoms with van der Waals surface area (Å²) >= 11 is 0. The predicted molar refractivity (Wildman–Crippen MR) is 71.9 cm³/mol. The van der Waals surface area contributed by atoms with E-state index in [1.165, 1.54) is 25.7 Å². The van der Waals surface area contributed by atoms with Crippen LogP contribution in [0.15, 0.2) is 0 Å². The van der Waals surface area contributed by atoms with Crippen LogP contribution in [-0.2, 0) is 4.79 Å². The Labute approximate surface area is 106 Å².